The van der Waals surface area contributed by atoms with E-state index >= 15 is 0 Å². The normalized spacial score (nSPS) is 18.4. The second-order valence-electron chi connectivity index (χ2n) is 5.92. The third-order valence-electron chi connectivity index (χ3n) is 3.74. The van der Waals surface area contributed by atoms with Crippen molar-refractivity contribution in [2.24, 2.45) is 5.92 Å². The van der Waals surface area contributed by atoms with Crippen LogP contribution in [0.1, 0.15) is 25.8 Å². The molecule has 2 heterocycles. The maximum atomic E-state index is 5.46. The maximum Gasteiger partial charge on any atom is 0.0594 e. The van der Waals surface area contributed by atoms with Gasteiger partial charge in [0, 0.05) is 44.6 Å². The van der Waals surface area contributed by atoms with Crippen LogP contribution in [0.3, 0.4) is 0 Å². The van der Waals surface area contributed by atoms with Gasteiger partial charge in [-0.1, -0.05) is 19.9 Å². The van der Waals surface area contributed by atoms with Gasteiger partial charge in [-0.2, -0.15) is 0 Å². The average molecular weight is 277 g/mol. The number of nitrogens with zero attached hydrogens (tertiary/aromatic N) is 2. The Balaban J connectivity index is 1.80. The lowest BCUT2D eigenvalue weighted by Crippen LogP contribution is -2.48. The minimum atomic E-state index is 0.607. The van der Waals surface area contributed by atoms with Gasteiger partial charge < -0.3 is 10.1 Å². The van der Waals surface area contributed by atoms with Crippen LogP contribution in [0.25, 0.3) is 0 Å². The molecule has 0 spiro atoms. The summed E-state index contributed by atoms with van der Waals surface area (Å²) in [5, 5.41) is 3.58. The molecule has 0 saturated carbocycles. The molecule has 1 aromatic rings. The van der Waals surface area contributed by atoms with Gasteiger partial charge in [0.25, 0.3) is 0 Å². The van der Waals surface area contributed by atoms with Gasteiger partial charge in [0.05, 0.1) is 13.2 Å². The van der Waals surface area contributed by atoms with E-state index in [0.717, 1.165) is 45.3 Å². The molecule has 1 unspecified atom stereocenters. The summed E-state index contributed by atoms with van der Waals surface area (Å²) in [7, 11) is 0. The molecular weight excluding hydrogens is 250 g/mol. The van der Waals surface area contributed by atoms with Gasteiger partial charge in [-0.3, -0.25) is 9.88 Å². The number of rotatable bonds is 7. The second-order valence-corrected chi connectivity index (χ2v) is 5.92. The summed E-state index contributed by atoms with van der Waals surface area (Å²) >= 11 is 0. The molecule has 0 bridgehead atoms. The Labute approximate surface area is 122 Å². The van der Waals surface area contributed by atoms with Gasteiger partial charge in [-0.15, -0.1) is 0 Å². The third-order valence-corrected chi connectivity index (χ3v) is 3.74. The van der Waals surface area contributed by atoms with Crippen LogP contribution < -0.4 is 5.32 Å². The third kappa shape index (κ3) is 5.19. The van der Waals surface area contributed by atoms with Crippen LogP contribution in [0.4, 0.5) is 0 Å². The Hall–Kier alpha value is -0.970. The minimum absolute atomic E-state index is 0.607. The van der Waals surface area contributed by atoms with Crippen LogP contribution in [0.15, 0.2) is 24.5 Å². The van der Waals surface area contributed by atoms with Crippen LogP contribution in [-0.4, -0.2) is 48.8 Å². The fourth-order valence-corrected chi connectivity index (χ4v) is 2.73. The first kappa shape index (κ1) is 15.4. The Morgan fingerprint density at radius 2 is 2.15 bits per heavy atom. The van der Waals surface area contributed by atoms with Gasteiger partial charge in [0.1, 0.15) is 0 Å². The standard InChI is InChI=1S/C16H27N3O/c1-14(2)10-16(19-6-8-20-9-7-19)13-18-12-15-4-3-5-17-11-15/h3-5,11,14,16,18H,6-10,12-13H2,1-2H3. The first-order valence-electron chi connectivity index (χ1n) is 7.67. The number of ether oxygens (including phenoxy) is 1. The first-order valence-corrected chi connectivity index (χ1v) is 7.67. The van der Waals surface area contributed by atoms with Crippen LogP contribution in [0.5, 0.6) is 0 Å². The molecule has 1 N–H and O–H groups in total. The molecule has 1 atom stereocenters. The second kappa shape index (κ2) is 8.35. The van der Waals surface area contributed by atoms with E-state index in [1.807, 2.05) is 18.5 Å². The Kier molecular flexibility index (Phi) is 6.43. The van der Waals surface area contributed by atoms with Gasteiger partial charge in [0.2, 0.25) is 0 Å². The maximum absolute atomic E-state index is 5.46. The van der Waals surface area contributed by atoms with Crippen LogP contribution in [-0.2, 0) is 11.3 Å². The molecule has 0 aromatic carbocycles. The molecular formula is C16H27N3O. The fourth-order valence-electron chi connectivity index (χ4n) is 2.73. The van der Waals surface area contributed by atoms with Crippen molar-refractivity contribution in [3.63, 3.8) is 0 Å². The first-order chi connectivity index (χ1) is 9.75. The lowest BCUT2D eigenvalue weighted by atomic mass is 10.0. The molecule has 0 radical (unpaired) electrons. The molecule has 4 nitrogen and oxygen atoms in total. The lowest BCUT2D eigenvalue weighted by Gasteiger charge is -2.35. The van der Waals surface area contributed by atoms with Gasteiger partial charge in [-0.25, -0.2) is 0 Å². The van der Waals surface area contributed by atoms with Crippen LogP contribution in [0, 0.1) is 5.92 Å². The smallest absolute Gasteiger partial charge is 0.0594 e. The van der Waals surface area contributed by atoms with Gasteiger partial charge in [-0.05, 0) is 24.0 Å². The summed E-state index contributed by atoms with van der Waals surface area (Å²) < 4.78 is 5.46. The van der Waals surface area contributed by atoms with E-state index < -0.39 is 0 Å². The highest BCUT2D eigenvalue weighted by atomic mass is 16.5. The fraction of sp³-hybridized carbons (Fsp3) is 0.688. The number of pyridine rings is 1. The molecule has 1 aromatic heterocycles. The average Bonchev–Trinajstić information content (AvgIpc) is 2.48. The largest absolute Gasteiger partial charge is 0.379 e. The predicted molar refractivity (Wildman–Crippen MR) is 81.6 cm³/mol. The van der Waals surface area contributed by atoms with E-state index in [-0.39, 0.29) is 0 Å². The molecule has 2 rings (SSSR count). The van der Waals surface area contributed by atoms with Crippen LogP contribution >= 0.6 is 0 Å². The van der Waals surface area contributed by atoms with Gasteiger partial charge >= 0.3 is 0 Å². The minimum Gasteiger partial charge on any atom is -0.379 e. The lowest BCUT2D eigenvalue weighted by molar-refractivity contribution is 0.0123. The zero-order valence-electron chi connectivity index (χ0n) is 12.7. The van der Waals surface area contributed by atoms with Crippen molar-refractivity contribution in [2.75, 3.05) is 32.8 Å². The van der Waals surface area contributed by atoms with Crippen molar-refractivity contribution in [1.29, 1.82) is 0 Å². The van der Waals surface area contributed by atoms with E-state index in [1.54, 1.807) is 0 Å². The van der Waals surface area contributed by atoms with Crippen molar-refractivity contribution in [2.45, 2.75) is 32.9 Å². The molecule has 112 valence electrons. The SMILES string of the molecule is CC(C)CC(CNCc1cccnc1)N1CCOCC1. The van der Waals surface area contributed by atoms with Crippen molar-refractivity contribution < 1.29 is 4.74 Å². The Morgan fingerprint density at radius 3 is 2.80 bits per heavy atom. The van der Waals surface area contributed by atoms with E-state index in [4.69, 9.17) is 4.74 Å². The summed E-state index contributed by atoms with van der Waals surface area (Å²) in [6.07, 6.45) is 4.98. The Morgan fingerprint density at radius 1 is 1.35 bits per heavy atom. The molecule has 1 fully saturated rings. The molecule has 1 aliphatic heterocycles. The summed E-state index contributed by atoms with van der Waals surface area (Å²) in [6.45, 7) is 10.4. The summed E-state index contributed by atoms with van der Waals surface area (Å²) in [6, 6.07) is 4.71. The zero-order chi connectivity index (χ0) is 14.2. The van der Waals surface area contributed by atoms with Gasteiger partial charge in [0.15, 0.2) is 0 Å². The van der Waals surface area contributed by atoms with E-state index in [1.165, 1.54) is 12.0 Å². The number of morpholine rings is 1. The highest BCUT2D eigenvalue weighted by Crippen LogP contribution is 2.13. The Bertz CT molecular complexity index is 363. The molecule has 1 aliphatic rings. The molecule has 0 amide bonds. The van der Waals surface area contributed by atoms with Crippen molar-refractivity contribution in [3.05, 3.63) is 30.1 Å². The zero-order valence-corrected chi connectivity index (χ0v) is 12.7. The monoisotopic (exact) mass is 277 g/mol. The van der Waals surface area contributed by atoms with Crippen LogP contribution in [0.2, 0.25) is 0 Å². The number of hydrogen-bond donors (Lipinski definition) is 1. The number of hydrogen-bond acceptors (Lipinski definition) is 4. The summed E-state index contributed by atoms with van der Waals surface area (Å²) in [5.41, 5.74) is 1.25. The molecule has 20 heavy (non-hydrogen) atoms. The van der Waals surface area contributed by atoms with E-state index in [0.29, 0.717) is 6.04 Å². The number of nitrogens with one attached hydrogen (secondary N) is 1. The van der Waals surface area contributed by atoms with Crippen molar-refractivity contribution in [3.8, 4) is 0 Å². The summed E-state index contributed by atoms with van der Waals surface area (Å²) in [5.74, 6) is 0.725. The van der Waals surface area contributed by atoms with Crippen molar-refractivity contribution >= 4 is 0 Å². The molecule has 0 aliphatic carbocycles. The predicted octanol–water partition coefficient (Wildman–Crippen LogP) is 1.92. The van der Waals surface area contributed by atoms with E-state index in [9.17, 15) is 0 Å². The van der Waals surface area contributed by atoms with E-state index in [2.05, 4.69) is 35.1 Å². The summed E-state index contributed by atoms with van der Waals surface area (Å²) in [4.78, 5) is 6.72. The molecule has 1 saturated heterocycles. The van der Waals surface area contributed by atoms with Crippen molar-refractivity contribution in [1.82, 2.24) is 15.2 Å². The number of aromatic nitrogens is 1. The topological polar surface area (TPSA) is 37.4 Å². The highest BCUT2D eigenvalue weighted by Gasteiger charge is 2.21. The highest BCUT2D eigenvalue weighted by molar-refractivity contribution is 5.07. The quantitative estimate of drug-likeness (QED) is 0.826. The molecule has 4 heteroatoms.